The normalized spacial score (nSPS) is 11.2. The van der Waals surface area contributed by atoms with Crippen LogP contribution in [-0.4, -0.2) is 17.4 Å². The van der Waals surface area contributed by atoms with Gasteiger partial charge in [0.1, 0.15) is 11.6 Å². The van der Waals surface area contributed by atoms with Crippen LogP contribution in [0.15, 0.2) is 60.3 Å². The highest BCUT2D eigenvalue weighted by Gasteiger charge is 2.16. The molecule has 0 saturated carbocycles. The molecule has 0 atom stereocenters. The summed E-state index contributed by atoms with van der Waals surface area (Å²) >= 11 is 0. The van der Waals surface area contributed by atoms with Crippen LogP contribution < -0.4 is 5.32 Å². The Kier molecular flexibility index (Phi) is 7.19. The van der Waals surface area contributed by atoms with E-state index in [0.717, 1.165) is 22.4 Å². The van der Waals surface area contributed by atoms with Crippen LogP contribution in [0.3, 0.4) is 0 Å². The third kappa shape index (κ3) is 5.46. The Morgan fingerprint density at radius 3 is 2.48 bits per heavy atom. The molecule has 27 heavy (non-hydrogen) atoms. The molecule has 2 aromatic carbocycles. The van der Waals surface area contributed by atoms with Crippen molar-refractivity contribution >= 4 is 11.6 Å². The van der Waals surface area contributed by atoms with E-state index >= 15 is 0 Å². The maximum Gasteiger partial charge on any atom is 0.267 e. The van der Waals surface area contributed by atoms with Gasteiger partial charge in [-0.3, -0.25) is 4.79 Å². The van der Waals surface area contributed by atoms with E-state index < -0.39 is 0 Å². The van der Waals surface area contributed by atoms with Gasteiger partial charge in [-0.15, -0.1) is 0 Å². The number of carbonyl (C=O) groups is 1. The fourth-order valence-corrected chi connectivity index (χ4v) is 2.91. The number of anilines is 1. The lowest BCUT2D eigenvalue weighted by molar-refractivity contribution is -0.112. The Labute approximate surface area is 162 Å². The Morgan fingerprint density at radius 2 is 1.89 bits per heavy atom. The molecule has 4 nitrogen and oxygen atoms in total. The summed E-state index contributed by atoms with van der Waals surface area (Å²) in [6.45, 7) is 9.50. The highest BCUT2D eigenvalue weighted by molar-refractivity contribution is 6.07. The Bertz CT molecular complexity index is 848. The average Bonchev–Trinajstić information content (AvgIpc) is 2.67. The summed E-state index contributed by atoms with van der Waals surface area (Å²) in [6.07, 6.45) is 1.65. The molecule has 4 heteroatoms. The van der Waals surface area contributed by atoms with Crippen molar-refractivity contribution in [3.05, 3.63) is 77.0 Å². The first-order valence-corrected chi connectivity index (χ1v) is 9.27. The molecule has 0 aromatic heterocycles. The molecule has 0 fully saturated rings. The van der Waals surface area contributed by atoms with E-state index in [0.29, 0.717) is 13.1 Å². The van der Waals surface area contributed by atoms with E-state index in [1.807, 2.05) is 73.3 Å². The van der Waals surface area contributed by atoms with Crippen molar-refractivity contribution in [1.82, 2.24) is 4.90 Å². The van der Waals surface area contributed by atoms with Crippen molar-refractivity contribution in [3.8, 4) is 6.07 Å². The highest BCUT2D eigenvalue weighted by Crippen LogP contribution is 2.27. The van der Waals surface area contributed by atoms with Crippen LogP contribution in [-0.2, 0) is 11.3 Å². The van der Waals surface area contributed by atoms with Crippen molar-refractivity contribution in [2.75, 3.05) is 11.9 Å². The molecule has 2 rings (SSSR count). The smallest absolute Gasteiger partial charge is 0.267 e. The van der Waals surface area contributed by atoms with Crippen molar-refractivity contribution in [1.29, 1.82) is 5.26 Å². The lowest BCUT2D eigenvalue weighted by Gasteiger charge is -2.20. The quantitative estimate of drug-likeness (QED) is 0.558. The number of nitrogens with zero attached hydrogens (tertiary/aromatic N) is 2. The number of hydrogen-bond donors (Lipinski definition) is 1. The summed E-state index contributed by atoms with van der Waals surface area (Å²) < 4.78 is 0. The fraction of sp³-hybridized carbons (Fsp3) is 0.304. The fourth-order valence-electron chi connectivity index (χ4n) is 2.91. The van der Waals surface area contributed by atoms with E-state index in [2.05, 4.69) is 19.2 Å². The monoisotopic (exact) mass is 361 g/mol. The van der Waals surface area contributed by atoms with Gasteiger partial charge in [-0.25, -0.2) is 0 Å². The van der Waals surface area contributed by atoms with Crippen LogP contribution >= 0.6 is 0 Å². The van der Waals surface area contributed by atoms with Crippen molar-refractivity contribution in [3.63, 3.8) is 0 Å². The van der Waals surface area contributed by atoms with Crippen LogP contribution in [0.2, 0.25) is 0 Å². The minimum atomic E-state index is -0.375. The predicted molar refractivity (Wildman–Crippen MR) is 110 cm³/mol. The lowest BCUT2D eigenvalue weighted by Crippen LogP contribution is -2.21. The summed E-state index contributed by atoms with van der Waals surface area (Å²) in [5.74, 6) is -0.0971. The minimum absolute atomic E-state index is 0.103. The van der Waals surface area contributed by atoms with Gasteiger partial charge in [0.15, 0.2) is 0 Å². The van der Waals surface area contributed by atoms with Crippen molar-refractivity contribution < 1.29 is 4.79 Å². The molecule has 140 valence electrons. The molecular weight excluding hydrogens is 334 g/mol. The second-order valence-electron chi connectivity index (χ2n) is 6.85. The van der Waals surface area contributed by atoms with Gasteiger partial charge in [0.2, 0.25) is 0 Å². The number of nitrogens with one attached hydrogen (secondary N) is 1. The number of rotatable bonds is 7. The second-order valence-corrected chi connectivity index (χ2v) is 6.85. The number of nitriles is 1. The van der Waals surface area contributed by atoms with Gasteiger partial charge in [-0.1, -0.05) is 62.4 Å². The maximum atomic E-state index is 12.7. The Balaban J connectivity index is 2.23. The molecular formula is C23H27N3O. The largest absolute Gasteiger partial charge is 0.372 e. The molecule has 0 aliphatic rings. The molecule has 0 radical (unpaired) electrons. The SMILES string of the molecule is CCN(/C=C(/C#N)C(=O)Nc1c(C)cccc1C(C)C)Cc1ccccc1. The lowest BCUT2D eigenvalue weighted by atomic mass is 9.98. The molecule has 0 aliphatic carbocycles. The zero-order valence-corrected chi connectivity index (χ0v) is 16.5. The van der Waals surface area contributed by atoms with Gasteiger partial charge < -0.3 is 10.2 Å². The Morgan fingerprint density at radius 1 is 1.19 bits per heavy atom. The van der Waals surface area contributed by atoms with E-state index in [1.54, 1.807) is 6.20 Å². The van der Waals surface area contributed by atoms with Gasteiger partial charge in [-0.2, -0.15) is 5.26 Å². The van der Waals surface area contributed by atoms with Crippen LogP contribution in [0.4, 0.5) is 5.69 Å². The van der Waals surface area contributed by atoms with Gasteiger partial charge in [0.05, 0.1) is 0 Å². The topological polar surface area (TPSA) is 56.1 Å². The summed E-state index contributed by atoms with van der Waals surface area (Å²) in [6, 6.07) is 18.0. The summed E-state index contributed by atoms with van der Waals surface area (Å²) in [4.78, 5) is 14.7. The second kappa shape index (κ2) is 9.59. The van der Waals surface area contributed by atoms with E-state index in [1.165, 1.54) is 0 Å². The summed E-state index contributed by atoms with van der Waals surface area (Å²) in [7, 11) is 0. The zero-order chi connectivity index (χ0) is 19.8. The molecule has 0 aliphatic heterocycles. The van der Waals surface area contributed by atoms with E-state index in [9.17, 15) is 10.1 Å². The summed E-state index contributed by atoms with van der Waals surface area (Å²) in [5, 5.41) is 12.5. The predicted octanol–water partition coefficient (Wildman–Crippen LogP) is 4.99. The van der Waals surface area contributed by atoms with Crippen molar-refractivity contribution in [2.45, 2.75) is 40.2 Å². The van der Waals surface area contributed by atoms with Gasteiger partial charge in [0, 0.05) is 25.0 Å². The number of aryl methyl sites for hydroxylation is 1. The van der Waals surface area contributed by atoms with Crippen LogP contribution in [0.25, 0.3) is 0 Å². The van der Waals surface area contributed by atoms with Gasteiger partial charge in [0.25, 0.3) is 5.91 Å². The number of carbonyl (C=O) groups excluding carboxylic acids is 1. The molecule has 0 bridgehead atoms. The molecule has 1 N–H and O–H groups in total. The minimum Gasteiger partial charge on any atom is -0.372 e. The Hall–Kier alpha value is -3.06. The third-order valence-electron chi connectivity index (χ3n) is 4.48. The van der Waals surface area contributed by atoms with E-state index in [-0.39, 0.29) is 17.4 Å². The first kappa shape index (κ1) is 20.3. The van der Waals surface area contributed by atoms with Crippen LogP contribution in [0, 0.1) is 18.3 Å². The molecule has 0 spiro atoms. The number of para-hydroxylation sites is 1. The van der Waals surface area contributed by atoms with Gasteiger partial charge in [-0.05, 0) is 36.5 Å². The molecule has 1 amide bonds. The number of hydrogen-bond acceptors (Lipinski definition) is 3. The number of benzene rings is 2. The maximum absolute atomic E-state index is 12.7. The van der Waals surface area contributed by atoms with Crippen LogP contribution in [0.5, 0.6) is 0 Å². The van der Waals surface area contributed by atoms with Crippen molar-refractivity contribution in [2.24, 2.45) is 0 Å². The third-order valence-corrected chi connectivity index (χ3v) is 4.48. The standard InChI is InChI=1S/C23H27N3O/c1-5-26(15-19-11-7-6-8-12-19)16-20(14-24)23(27)25-22-18(4)10-9-13-21(22)17(2)3/h6-13,16-17H,5,15H2,1-4H3,(H,25,27)/b20-16-. The molecule has 0 heterocycles. The van der Waals surface area contributed by atoms with Gasteiger partial charge >= 0.3 is 0 Å². The average molecular weight is 361 g/mol. The molecule has 0 saturated heterocycles. The highest BCUT2D eigenvalue weighted by atomic mass is 16.1. The number of amides is 1. The molecule has 2 aromatic rings. The van der Waals surface area contributed by atoms with Crippen LogP contribution in [0.1, 0.15) is 43.4 Å². The first-order chi connectivity index (χ1) is 13.0. The summed E-state index contributed by atoms with van der Waals surface area (Å²) in [5.41, 5.74) is 4.09. The van der Waals surface area contributed by atoms with E-state index in [4.69, 9.17) is 0 Å². The zero-order valence-electron chi connectivity index (χ0n) is 16.5. The first-order valence-electron chi connectivity index (χ1n) is 9.27. The molecule has 0 unspecified atom stereocenters.